The zero-order valence-electron chi connectivity index (χ0n) is 18.6. The van der Waals surface area contributed by atoms with Crippen molar-refractivity contribution < 1.29 is 22.2 Å². The molecule has 0 amide bonds. The number of pyridine rings is 1. The van der Waals surface area contributed by atoms with E-state index in [1.165, 1.54) is 18.2 Å². The van der Waals surface area contributed by atoms with Gasteiger partial charge in [-0.2, -0.15) is 8.42 Å². The molecule has 0 aliphatic heterocycles. The lowest BCUT2D eigenvalue weighted by Gasteiger charge is -2.13. The van der Waals surface area contributed by atoms with Crippen molar-refractivity contribution in [1.29, 1.82) is 0 Å². The van der Waals surface area contributed by atoms with E-state index in [-0.39, 0.29) is 10.6 Å². The SMILES string of the molecule is COc1ccc(/C=C/c2cc(C)cc(=O)n2OS(=O)(=O)c2ccc(C)cc2)c(OC)c1C. The van der Waals surface area contributed by atoms with Gasteiger partial charge in [0.2, 0.25) is 0 Å². The monoisotopic (exact) mass is 455 g/mol. The molecule has 32 heavy (non-hydrogen) atoms. The van der Waals surface area contributed by atoms with Crippen LogP contribution in [0.15, 0.2) is 58.2 Å². The number of benzene rings is 2. The predicted octanol–water partition coefficient (Wildman–Crippen LogP) is 3.78. The molecule has 1 aromatic heterocycles. The molecule has 8 heteroatoms. The largest absolute Gasteiger partial charge is 0.496 e. The first-order valence-corrected chi connectivity index (χ1v) is 11.2. The van der Waals surface area contributed by atoms with Crippen LogP contribution in [-0.2, 0) is 10.1 Å². The molecular weight excluding hydrogens is 430 g/mol. The van der Waals surface area contributed by atoms with Crippen molar-refractivity contribution in [2.75, 3.05) is 14.2 Å². The van der Waals surface area contributed by atoms with E-state index in [0.717, 1.165) is 21.4 Å². The van der Waals surface area contributed by atoms with Gasteiger partial charge in [-0.05, 0) is 68.8 Å². The van der Waals surface area contributed by atoms with Gasteiger partial charge in [0.15, 0.2) is 0 Å². The van der Waals surface area contributed by atoms with Crippen LogP contribution in [0, 0.1) is 20.8 Å². The van der Waals surface area contributed by atoms with Crippen LogP contribution in [0.2, 0.25) is 0 Å². The first-order chi connectivity index (χ1) is 15.2. The van der Waals surface area contributed by atoms with Gasteiger partial charge in [0, 0.05) is 17.2 Å². The molecular formula is C24H25NO6S. The van der Waals surface area contributed by atoms with Crippen LogP contribution < -0.4 is 19.3 Å². The van der Waals surface area contributed by atoms with Crippen molar-refractivity contribution in [3.05, 3.63) is 86.8 Å². The third-order valence-corrected chi connectivity index (χ3v) is 6.08. The van der Waals surface area contributed by atoms with Gasteiger partial charge >= 0.3 is 10.1 Å². The second kappa shape index (κ2) is 9.32. The van der Waals surface area contributed by atoms with Crippen molar-refractivity contribution in [1.82, 2.24) is 4.73 Å². The van der Waals surface area contributed by atoms with Crippen molar-refractivity contribution in [2.45, 2.75) is 25.7 Å². The molecule has 0 bridgehead atoms. The van der Waals surface area contributed by atoms with E-state index in [2.05, 4.69) is 0 Å². The fourth-order valence-electron chi connectivity index (χ4n) is 3.25. The molecule has 7 nitrogen and oxygen atoms in total. The van der Waals surface area contributed by atoms with Gasteiger partial charge in [-0.1, -0.05) is 17.7 Å². The molecule has 0 saturated heterocycles. The van der Waals surface area contributed by atoms with Crippen LogP contribution in [-0.4, -0.2) is 27.4 Å². The summed E-state index contributed by atoms with van der Waals surface area (Å²) in [6.07, 6.45) is 3.32. The zero-order valence-corrected chi connectivity index (χ0v) is 19.4. The standard InChI is InChI=1S/C24H25NO6S/c1-16-6-11-21(12-7-16)32(27,28)31-25-20(14-17(2)15-23(25)26)10-8-19-9-13-22(29-4)18(3)24(19)30-5/h6-15H,1-5H3/b10-8+. The van der Waals surface area contributed by atoms with Gasteiger partial charge in [-0.25, -0.2) is 0 Å². The Balaban J connectivity index is 2.05. The molecule has 3 aromatic rings. The maximum atomic E-state index is 12.8. The summed E-state index contributed by atoms with van der Waals surface area (Å²) in [7, 11) is -1.08. The minimum absolute atomic E-state index is 0.0436. The van der Waals surface area contributed by atoms with Crippen LogP contribution in [0.4, 0.5) is 0 Å². The predicted molar refractivity (Wildman–Crippen MR) is 124 cm³/mol. The quantitative estimate of drug-likeness (QED) is 0.539. The Morgan fingerprint density at radius 1 is 0.844 bits per heavy atom. The fourth-order valence-corrected chi connectivity index (χ4v) is 4.16. The lowest BCUT2D eigenvalue weighted by atomic mass is 10.1. The Morgan fingerprint density at radius 2 is 1.53 bits per heavy atom. The summed E-state index contributed by atoms with van der Waals surface area (Å²) in [6, 6.07) is 12.8. The van der Waals surface area contributed by atoms with Gasteiger partial charge in [0.25, 0.3) is 5.56 Å². The summed E-state index contributed by atoms with van der Waals surface area (Å²) in [6.45, 7) is 5.46. The summed E-state index contributed by atoms with van der Waals surface area (Å²) in [4.78, 5) is 12.6. The van der Waals surface area contributed by atoms with Gasteiger partial charge in [0.05, 0.1) is 19.9 Å². The van der Waals surface area contributed by atoms with Crippen LogP contribution in [0.25, 0.3) is 12.2 Å². The van der Waals surface area contributed by atoms with E-state index in [0.29, 0.717) is 17.1 Å². The summed E-state index contributed by atoms with van der Waals surface area (Å²) in [5.41, 5.74) is 2.79. The Bertz CT molecular complexity index is 1320. The highest BCUT2D eigenvalue weighted by atomic mass is 32.2. The minimum atomic E-state index is -4.21. The van der Waals surface area contributed by atoms with Crippen molar-refractivity contribution in [3.8, 4) is 11.5 Å². The van der Waals surface area contributed by atoms with Gasteiger partial charge in [0.1, 0.15) is 16.4 Å². The molecule has 0 radical (unpaired) electrons. The topological polar surface area (TPSA) is 83.8 Å². The summed E-state index contributed by atoms with van der Waals surface area (Å²) < 4.78 is 42.3. The average Bonchev–Trinajstić information content (AvgIpc) is 2.74. The minimum Gasteiger partial charge on any atom is -0.496 e. The van der Waals surface area contributed by atoms with E-state index in [1.807, 2.05) is 19.9 Å². The smallest absolute Gasteiger partial charge is 0.357 e. The molecule has 3 rings (SSSR count). The maximum absolute atomic E-state index is 12.8. The van der Waals surface area contributed by atoms with Crippen LogP contribution >= 0.6 is 0 Å². The number of aromatic nitrogens is 1. The van der Waals surface area contributed by atoms with Crippen LogP contribution in [0.1, 0.15) is 27.9 Å². The van der Waals surface area contributed by atoms with Crippen LogP contribution in [0.3, 0.4) is 0 Å². The second-order valence-electron chi connectivity index (χ2n) is 7.28. The number of hydrogen-bond acceptors (Lipinski definition) is 6. The van der Waals surface area contributed by atoms with E-state index < -0.39 is 15.7 Å². The first kappa shape index (κ1) is 23.1. The number of nitrogens with zero attached hydrogens (tertiary/aromatic N) is 1. The molecule has 168 valence electrons. The lowest BCUT2D eigenvalue weighted by molar-refractivity contribution is 0.264. The Kier molecular flexibility index (Phi) is 6.74. The zero-order chi connectivity index (χ0) is 23.5. The highest BCUT2D eigenvalue weighted by Gasteiger charge is 2.19. The molecule has 0 aliphatic rings. The molecule has 0 unspecified atom stereocenters. The summed E-state index contributed by atoms with van der Waals surface area (Å²) in [5, 5.41) is 0. The Labute approximate surface area is 187 Å². The van der Waals surface area contributed by atoms with Crippen LogP contribution in [0.5, 0.6) is 11.5 Å². The van der Waals surface area contributed by atoms with Crippen molar-refractivity contribution >= 4 is 22.3 Å². The maximum Gasteiger partial charge on any atom is 0.357 e. The van der Waals surface area contributed by atoms with Gasteiger partial charge in [-0.15, -0.1) is 4.73 Å². The Morgan fingerprint density at radius 3 is 2.16 bits per heavy atom. The van der Waals surface area contributed by atoms with Crippen molar-refractivity contribution in [3.63, 3.8) is 0 Å². The highest BCUT2D eigenvalue weighted by molar-refractivity contribution is 7.87. The molecule has 0 fully saturated rings. The number of ether oxygens (including phenoxy) is 2. The van der Waals surface area contributed by atoms with E-state index in [1.54, 1.807) is 57.6 Å². The van der Waals surface area contributed by atoms with E-state index in [4.69, 9.17) is 13.8 Å². The molecule has 0 atom stereocenters. The molecule has 0 spiro atoms. The van der Waals surface area contributed by atoms with E-state index in [9.17, 15) is 13.2 Å². The number of rotatable bonds is 7. The third kappa shape index (κ3) is 4.86. The second-order valence-corrected chi connectivity index (χ2v) is 8.81. The molecule has 0 saturated carbocycles. The molecule has 0 N–H and O–H groups in total. The molecule has 1 heterocycles. The fraction of sp³-hybridized carbons (Fsp3) is 0.208. The first-order valence-electron chi connectivity index (χ1n) is 9.81. The summed E-state index contributed by atoms with van der Waals surface area (Å²) in [5.74, 6) is 1.29. The average molecular weight is 456 g/mol. The molecule has 2 aromatic carbocycles. The number of methoxy groups -OCH3 is 2. The lowest BCUT2D eigenvalue weighted by Crippen LogP contribution is -2.32. The molecule has 0 aliphatic carbocycles. The van der Waals surface area contributed by atoms with Gasteiger partial charge < -0.3 is 9.47 Å². The number of hydrogen-bond donors (Lipinski definition) is 0. The van der Waals surface area contributed by atoms with Crippen molar-refractivity contribution in [2.24, 2.45) is 0 Å². The third-order valence-electron chi connectivity index (χ3n) is 4.89. The highest BCUT2D eigenvalue weighted by Crippen LogP contribution is 2.32. The van der Waals surface area contributed by atoms with Gasteiger partial charge in [-0.3, -0.25) is 9.08 Å². The van der Waals surface area contributed by atoms with E-state index >= 15 is 0 Å². The Hall–Kier alpha value is -3.52. The normalized spacial score (nSPS) is 11.5. The summed E-state index contributed by atoms with van der Waals surface area (Å²) >= 11 is 0. The number of aryl methyl sites for hydroxylation is 2.